The highest BCUT2D eigenvalue weighted by atomic mass is 35.5. The molecule has 1 amide bonds. The third-order valence-corrected chi connectivity index (χ3v) is 6.83. The smallest absolute Gasteiger partial charge is 0.244 e. The number of nitrogens with zero attached hydrogens (tertiary/aromatic N) is 2. The van der Waals surface area contributed by atoms with Gasteiger partial charge >= 0.3 is 0 Å². The van der Waals surface area contributed by atoms with Crippen molar-refractivity contribution in [3.8, 4) is 0 Å². The Hall–Kier alpha value is -1.48. The lowest BCUT2D eigenvalue weighted by Gasteiger charge is -2.23. The molecule has 1 aliphatic heterocycles. The lowest BCUT2D eigenvalue weighted by molar-refractivity contribution is -0.119. The number of benzene rings is 1. The van der Waals surface area contributed by atoms with Crippen molar-refractivity contribution in [2.45, 2.75) is 30.7 Å². The van der Waals surface area contributed by atoms with Crippen LogP contribution in [0.2, 0.25) is 5.02 Å². The van der Waals surface area contributed by atoms with Gasteiger partial charge in [-0.15, -0.1) is 11.3 Å². The van der Waals surface area contributed by atoms with Gasteiger partial charge in [-0.25, -0.2) is 13.4 Å². The Morgan fingerprint density at radius 2 is 2.08 bits per heavy atom. The number of nitrogens with one attached hydrogen (secondary N) is 1. The van der Waals surface area contributed by atoms with Crippen molar-refractivity contribution in [2.75, 3.05) is 11.9 Å². The molecule has 9 heteroatoms. The van der Waals surface area contributed by atoms with E-state index in [0.717, 1.165) is 5.69 Å². The van der Waals surface area contributed by atoms with Crippen molar-refractivity contribution < 1.29 is 13.2 Å². The number of hydrogen-bond acceptors (Lipinski definition) is 5. The SMILES string of the molecule is Cc1csc(NC(=O)[C@@H]2CCCN2S(=O)(=O)c2ccc(Cl)cc2)n1. The summed E-state index contributed by atoms with van der Waals surface area (Å²) in [5.74, 6) is -0.348. The molecule has 1 N–H and O–H groups in total. The van der Waals surface area contributed by atoms with E-state index >= 15 is 0 Å². The van der Waals surface area contributed by atoms with E-state index in [0.29, 0.717) is 29.5 Å². The zero-order valence-electron chi connectivity index (χ0n) is 12.9. The molecule has 24 heavy (non-hydrogen) atoms. The molecule has 2 heterocycles. The van der Waals surface area contributed by atoms with Crippen LogP contribution in [-0.2, 0) is 14.8 Å². The minimum Gasteiger partial charge on any atom is -0.301 e. The molecule has 1 aromatic heterocycles. The van der Waals surface area contributed by atoms with Gasteiger partial charge in [0, 0.05) is 16.9 Å². The highest BCUT2D eigenvalue weighted by Crippen LogP contribution is 2.28. The molecule has 0 spiro atoms. The van der Waals surface area contributed by atoms with Crippen LogP contribution in [0, 0.1) is 6.92 Å². The molecule has 3 rings (SSSR count). The van der Waals surface area contributed by atoms with Gasteiger partial charge in [0.05, 0.1) is 10.6 Å². The van der Waals surface area contributed by atoms with Crippen molar-refractivity contribution in [1.29, 1.82) is 0 Å². The molecule has 1 aromatic carbocycles. The number of halogens is 1. The van der Waals surface area contributed by atoms with Gasteiger partial charge in [-0.05, 0) is 44.0 Å². The van der Waals surface area contributed by atoms with Gasteiger partial charge in [-0.3, -0.25) is 4.79 Å². The molecular formula is C15H16ClN3O3S2. The second-order valence-electron chi connectivity index (χ2n) is 5.51. The highest BCUT2D eigenvalue weighted by Gasteiger charge is 2.39. The van der Waals surface area contributed by atoms with Gasteiger partial charge in [0.25, 0.3) is 0 Å². The van der Waals surface area contributed by atoms with E-state index in [4.69, 9.17) is 11.6 Å². The van der Waals surface area contributed by atoms with Crippen LogP contribution in [0.5, 0.6) is 0 Å². The van der Waals surface area contributed by atoms with Crippen LogP contribution in [0.15, 0.2) is 34.5 Å². The van der Waals surface area contributed by atoms with Gasteiger partial charge in [0.15, 0.2) is 5.13 Å². The van der Waals surface area contributed by atoms with Crippen LogP contribution >= 0.6 is 22.9 Å². The van der Waals surface area contributed by atoms with E-state index in [1.807, 2.05) is 12.3 Å². The lowest BCUT2D eigenvalue weighted by atomic mass is 10.2. The predicted molar refractivity (Wildman–Crippen MR) is 93.8 cm³/mol. The molecule has 128 valence electrons. The first-order chi connectivity index (χ1) is 11.4. The predicted octanol–water partition coefficient (Wildman–Crippen LogP) is 2.90. The van der Waals surface area contributed by atoms with Gasteiger partial charge in [0.2, 0.25) is 15.9 Å². The normalized spacial score (nSPS) is 18.7. The number of hydrogen-bond donors (Lipinski definition) is 1. The van der Waals surface area contributed by atoms with E-state index < -0.39 is 16.1 Å². The maximum atomic E-state index is 12.8. The van der Waals surface area contributed by atoms with Gasteiger partial charge in [0.1, 0.15) is 6.04 Å². The number of sulfonamides is 1. The molecule has 0 radical (unpaired) electrons. The van der Waals surface area contributed by atoms with Crippen LogP contribution < -0.4 is 5.32 Å². The van der Waals surface area contributed by atoms with Gasteiger partial charge in [-0.1, -0.05) is 11.6 Å². The van der Waals surface area contributed by atoms with E-state index in [1.54, 1.807) is 0 Å². The molecule has 1 saturated heterocycles. The van der Waals surface area contributed by atoms with Crippen molar-refractivity contribution in [2.24, 2.45) is 0 Å². The van der Waals surface area contributed by atoms with E-state index in [9.17, 15) is 13.2 Å². The first-order valence-electron chi connectivity index (χ1n) is 7.38. The van der Waals surface area contributed by atoms with E-state index in [1.165, 1.54) is 39.9 Å². The average Bonchev–Trinajstić information content (AvgIpc) is 3.17. The fraction of sp³-hybridized carbons (Fsp3) is 0.333. The number of amides is 1. The summed E-state index contributed by atoms with van der Waals surface area (Å²) in [6.07, 6.45) is 1.13. The number of carbonyl (C=O) groups is 1. The van der Waals surface area contributed by atoms with Crippen molar-refractivity contribution in [1.82, 2.24) is 9.29 Å². The summed E-state index contributed by atoms with van der Waals surface area (Å²) in [6.45, 7) is 2.15. The first-order valence-corrected chi connectivity index (χ1v) is 10.1. The number of aryl methyl sites for hydroxylation is 1. The quantitative estimate of drug-likeness (QED) is 0.877. The number of anilines is 1. The largest absolute Gasteiger partial charge is 0.301 e. The average molecular weight is 386 g/mol. The number of thiazole rings is 1. The van der Waals surface area contributed by atoms with Gasteiger partial charge < -0.3 is 5.32 Å². The van der Waals surface area contributed by atoms with Crippen LogP contribution in [0.4, 0.5) is 5.13 Å². The lowest BCUT2D eigenvalue weighted by Crippen LogP contribution is -2.43. The third kappa shape index (κ3) is 3.46. The molecule has 0 bridgehead atoms. The third-order valence-electron chi connectivity index (χ3n) is 3.78. The molecule has 1 aliphatic rings. The standard InChI is InChI=1S/C15H16ClN3O3S2/c1-10-9-23-15(17-10)18-14(20)13-3-2-8-19(13)24(21,22)12-6-4-11(16)5-7-12/h4-7,9,13H,2-3,8H2,1H3,(H,17,18,20)/t13-/m0/s1. The zero-order valence-corrected chi connectivity index (χ0v) is 15.3. The summed E-state index contributed by atoms with van der Waals surface area (Å²) < 4.78 is 26.9. The number of carbonyl (C=O) groups excluding carboxylic acids is 1. The van der Waals surface area contributed by atoms with Crippen LogP contribution in [-0.4, -0.2) is 36.2 Å². The molecule has 0 saturated carbocycles. The second-order valence-corrected chi connectivity index (χ2v) is 8.70. The summed E-state index contributed by atoms with van der Waals surface area (Å²) in [5.41, 5.74) is 0.812. The molecule has 6 nitrogen and oxygen atoms in total. The van der Waals surface area contributed by atoms with E-state index in [-0.39, 0.29) is 10.8 Å². The summed E-state index contributed by atoms with van der Waals surface area (Å²) in [7, 11) is -3.74. The van der Waals surface area contributed by atoms with Crippen LogP contribution in [0.1, 0.15) is 18.5 Å². The second kappa shape index (κ2) is 6.79. The monoisotopic (exact) mass is 385 g/mol. The Kier molecular flexibility index (Phi) is 4.91. The topological polar surface area (TPSA) is 79.4 Å². The Morgan fingerprint density at radius 1 is 1.38 bits per heavy atom. The number of aromatic nitrogens is 1. The summed E-state index contributed by atoms with van der Waals surface area (Å²) >= 11 is 7.13. The number of rotatable bonds is 4. The molecule has 2 aromatic rings. The van der Waals surface area contributed by atoms with Crippen molar-refractivity contribution in [3.63, 3.8) is 0 Å². The highest BCUT2D eigenvalue weighted by molar-refractivity contribution is 7.89. The minimum absolute atomic E-state index is 0.136. The fourth-order valence-electron chi connectivity index (χ4n) is 2.63. The Bertz CT molecular complexity index is 849. The fourth-order valence-corrected chi connectivity index (χ4v) is 5.11. The maximum absolute atomic E-state index is 12.8. The Morgan fingerprint density at radius 3 is 2.71 bits per heavy atom. The summed E-state index contributed by atoms with van der Waals surface area (Å²) in [6, 6.07) is 5.23. The Labute approximate surface area is 149 Å². The molecule has 0 unspecified atom stereocenters. The van der Waals surface area contributed by atoms with Crippen molar-refractivity contribution >= 4 is 44.0 Å². The van der Waals surface area contributed by atoms with Crippen LogP contribution in [0.3, 0.4) is 0 Å². The van der Waals surface area contributed by atoms with Crippen molar-refractivity contribution in [3.05, 3.63) is 40.4 Å². The van der Waals surface area contributed by atoms with E-state index in [2.05, 4.69) is 10.3 Å². The van der Waals surface area contributed by atoms with Crippen LogP contribution in [0.25, 0.3) is 0 Å². The van der Waals surface area contributed by atoms with Gasteiger partial charge in [-0.2, -0.15) is 4.31 Å². The Balaban J connectivity index is 1.81. The first kappa shape index (κ1) is 17.3. The summed E-state index contributed by atoms with van der Waals surface area (Å²) in [4.78, 5) is 16.8. The molecule has 1 fully saturated rings. The summed E-state index contributed by atoms with van der Waals surface area (Å²) in [5, 5.41) is 5.48. The molecule has 1 atom stereocenters. The minimum atomic E-state index is -3.74. The maximum Gasteiger partial charge on any atom is 0.244 e. The zero-order chi connectivity index (χ0) is 17.3. The molecular weight excluding hydrogens is 370 g/mol. The molecule has 0 aliphatic carbocycles.